The summed E-state index contributed by atoms with van der Waals surface area (Å²) in [5.41, 5.74) is 0.854. The molecule has 1 aromatic carbocycles. The van der Waals surface area contributed by atoms with Gasteiger partial charge in [0.05, 0.1) is 20.4 Å². The first-order valence-corrected chi connectivity index (χ1v) is 7.22. The Morgan fingerprint density at radius 2 is 1.96 bits per heavy atom. The van der Waals surface area contributed by atoms with E-state index in [1.54, 1.807) is 20.3 Å². The monoisotopic (exact) mass is 333 g/mol. The van der Waals surface area contributed by atoms with Crippen LogP contribution in [0.25, 0.3) is 0 Å². The van der Waals surface area contributed by atoms with E-state index < -0.39 is 11.9 Å². The third kappa shape index (κ3) is 3.65. The first-order valence-electron chi connectivity index (χ1n) is 7.22. The molecule has 0 aliphatic carbocycles. The lowest BCUT2D eigenvalue weighted by molar-refractivity contribution is 0.0690. The summed E-state index contributed by atoms with van der Waals surface area (Å²) >= 11 is 0. The molecule has 2 aromatic rings. The molecule has 8 nitrogen and oxygen atoms in total. The van der Waals surface area contributed by atoms with Crippen molar-refractivity contribution in [3.05, 3.63) is 41.2 Å². The predicted molar refractivity (Wildman–Crippen MR) is 85.8 cm³/mol. The summed E-state index contributed by atoms with van der Waals surface area (Å²) in [6.45, 7) is 0.346. The number of carbonyl (C=O) groups excluding carboxylic acids is 1. The average molecular weight is 333 g/mol. The SMILES string of the molecule is COc1ccc(CCNC(=O)c2c(C(=O)O)cnn2C)cc1OC. The Morgan fingerprint density at radius 1 is 1.25 bits per heavy atom. The zero-order valence-corrected chi connectivity index (χ0v) is 13.7. The summed E-state index contributed by atoms with van der Waals surface area (Å²) in [5.74, 6) is -0.423. The Bertz CT molecular complexity index is 754. The van der Waals surface area contributed by atoms with Gasteiger partial charge >= 0.3 is 5.97 Å². The quantitative estimate of drug-likeness (QED) is 0.787. The fraction of sp³-hybridized carbons (Fsp3) is 0.312. The number of aryl methyl sites for hydroxylation is 1. The molecule has 0 aliphatic rings. The zero-order chi connectivity index (χ0) is 17.7. The molecule has 0 bridgehead atoms. The van der Waals surface area contributed by atoms with E-state index in [-0.39, 0.29) is 11.3 Å². The first kappa shape index (κ1) is 17.3. The summed E-state index contributed by atoms with van der Waals surface area (Å²) < 4.78 is 11.6. The Labute approximate surface area is 139 Å². The summed E-state index contributed by atoms with van der Waals surface area (Å²) in [6.07, 6.45) is 1.72. The van der Waals surface area contributed by atoms with E-state index in [1.165, 1.54) is 11.7 Å². The molecule has 2 N–H and O–H groups in total. The van der Waals surface area contributed by atoms with E-state index in [0.717, 1.165) is 11.8 Å². The minimum atomic E-state index is -1.19. The number of carboxylic acids is 1. The van der Waals surface area contributed by atoms with Crippen LogP contribution in [-0.2, 0) is 13.5 Å². The second-order valence-corrected chi connectivity index (χ2v) is 5.03. The maximum absolute atomic E-state index is 12.2. The number of methoxy groups -OCH3 is 2. The van der Waals surface area contributed by atoms with Crippen molar-refractivity contribution < 1.29 is 24.2 Å². The number of aromatic carboxylic acids is 1. The molecule has 0 saturated heterocycles. The maximum Gasteiger partial charge on any atom is 0.339 e. The van der Waals surface area contributed by atoms with Crippen LogP contribution in [0.15, 0.2) is 24.4 Å². The normalized spacial score (nSPS) is 10.3. The van der Waals surface area contributed by atoms with Crippen molar-refractivity contribution >= 4 is 11.9 Å². The van der Waals surface area contributed by atoms with E-state index in [0.29, 0.717) is 24.5 Å². The number of aromatic nitrogens is 2. The highest BCUT2D eigenvalue weighted by molar-refractivity contribution is 6.03. The van der Waals surface area contributed by atoms with Gasteiger partial charge in [0.15, 0.2) is 11.5 Å². The van der Waals surface area contributed by atoms with Crippen molar-refractivity contribution in [2.75, 3.05) is 20.8 Å². The molecule has 1 aromatic heterocycles. The van der Waals surface area contributed by atoms with Crippen LogP contribution in [0.5, 0.6) is 11.5 Å². The fourth-order valence-corrected chi connectivity index (χ4v) is 2.30. The molecule has 0 radical (unpaired) electrons. The van der Waals surface area contributed by atoms with Gasteiger partial charge in [-0.25, -0.2) is 4.79 Å². The van der Waals surface area contributed by atoms with Crippen LogP contribution < -0.4 is 14.8 Å². The summed E-state index contributed by atoms with van der Waals surface area (Å²) in [6, 6.07) is 5.50. The number of hydrogen-bond donors (Lipinski definition) is 2. The number of rotatable bonds is 7. The number of carboxylic acid groups (broad SMARTS) is 1. The van der Waals surface area contributed by atoms with Crippen LogP contribution in [0.2, 0.25) is 0 Å². The van der Waals surface area contributed by atoms with Crippen LogP contribution in [0, 0.1) is 0 Å². The molecule has 0 unspecified atom stereocenters. The molecule has 2 rings (SSSR count). The van der Waals surface area contributed by atoms with Crippen molar-refractivity contribution in [3.8, 4) is 11.5 Å². The predicted octanol–water partition coefficient (Wildman–Crippen LogP) is 1.11. The van der Waals surface area contributed by atoms with Gasteiger partial charge in [-0.15, -0.1) is 0 Å². The Hall–Kier alpha value is -3.03. The zero-order valence-electron chi connectivity index (χ0n) is 13.7. The number of ether oxygens (including phenoxy) is 2. The lowest BCUT2D eigenvalue weighted by Gasteiger charge is -2.10. The number of nitrogens with one attached hydrogen (secondary N) is 1. The number of nitrogens with zero attached hydrogens (tertiary/aromatic N) is 2. The molecule has 24 heavy (non-hydrogen) atoms. The third-order valence-corrected chi connectivity index (χ3v) is 3.53. The standard InChI is InChI=1S/C16H19N3O5/c1-19-14(11(9-18-19)16(21)22)15(20)17-7-6-10-4-5-12(23-2)13(8-10)24-3/h4-5,8-9H,6-7H2,1-3H3,(H,17,20)(H,21,22). The van der Waals surface area contributed by atoms with Crippen molar-refractivity contribution in [1.82, 2.24) is 15.1 Å². The molecule has 0 saturated carbocycles. The molecular weight excluding hydrogens is 314 g/mol. The highest BCUT2D eigenvalue weighted by Gasteiger charge is 2.21. The van der Waals surface area contributed by atoms with Gasteiger partial charge in [0, 0.05) is 13.6 Å². The summed E-state index contributed by atoms with van der Waals surface area (Å²) in [5, 5.41) is 15.6. The molecular formula is C16H19N3O5. The topological polar surface area (TPSA) is 103 Å². The van der Waals surface area contributed by atoms with E-state index >= 15 is 0 Å². The van der Waals surface area contributed by atoms with E-state index in [9.17, 15) is 9.59 Å². The maximum atomic E-state index is 12.2. The van der Waals surface area contributed by atoms with Gasteiger partial charge in [-0.1, -0.05) is 6.07 Å². The van der Waals surface area contributed by atoms with Gasteiger partial charge in [-0.3, -0.25) is 9.48 Å². The van der Waals surface area contributed by atoms with Gasteiger partial charge in [0.1, 0.15) is 11.3 Å². The highest BCUT2D eigenvalue weighted by atomic mass is 16.5. The Kier molecular flexibility index (Phi) is 5.41. The van der Waals surface area contributed by atoms with Crippen LogP contribution in [-0.4, -0.2) is 47.5 Å². The van der Waals surface area contributed by atoms with Gasteiger partial charge in [-0.05, 0) is 24.1 Å². The van der Waals surface area contributed by atoms with Crippen LogP contribution in [0.1, 0.15) is 26.4 Å². The molecule has 128 valence electrons. The van der Waals surface area contributed by atoms with Gasteiger partial charge in [0.2, 0.25) is 0 Å². The number of benzene rings is 1. The number of carbonyl (C=O) groups is 2. The molecule has 1 amide bonds. The van der Waals surface area contributed by atoms with Gasteiger partial charge in [-0.2, -0.15) is 5.10 Å². The van der Waals surface area contributed by atoms with E-state index in [4.69, 9.17) is 14.6 Å². The minimum absolute atomic E-state index is 0.0230. The van der Waals surface area contributed by atoms with E-state index in [2.05, 4.69) is 10.4 Å². The van der Waals surface area contributed by atoms with Crippen molar-refractivity contribution in [2.45, 2.75) is 6.42 Å². The lowest BCUT2D eigenvalue weighted by atomic mass is 10.1. The fourth-order valence-electron chi connectivity index (χ4n) is 2.30. The van der Waals surface area contributed by atoms with Gasteiger partial charge in [0.25, 0.3) is 5.91 Å². The van der Waals surface area contributed by atoms with Crippen molar-refractivity contribution in [3.63, 3.8) is 0 Å². The molecule has 8 heteroatoms. The van der Waals surface area contributed by atoms with Crippen LogP contribution in [0.3, 0.4) is 0 Å². The first-order chi connectivity index (χ1) is 11.5. The smallest absolute Gasteiger partial charge is 0.339 e. The number of amides is 1. The highest BCUT2D eigenvalue weighted by Crippen LogP contribution is 2.27. The average Bonchev–Trinajstić information content (AvgIpc) is 2.96. The largest absolute Gasteiger partial charge is 0.493 e. The molecule has 0 fully saturated rings. The Morgan fingerprint density at radius 3 is 2.58 bits per heavy atom. The lowest BCUT2D eigenvalue weighted by Crippen LogP contribution is -2.29. The third-order valence-electron chi connectivity index (χ3n) is 3.53. The van der Waals surface area contributed by atoms with Gasteiger partial charge < -0.3 is 19.9 Å². The molecule has 0 atom stereocenters. The van der Waals surface area contributed by atoms with Crippen molar-refractivity contribution in [2.24, 2.45) is 7.05 Å². The minimum Gasteiger partial charge on any atom is -0.493 e. The summed E-state index contributed by atoms with van der Waals surface area (Å²) in [4.78, 5) is 23.3. The van der Waals surface area contributed by atoms with Crippen molar-refractivity contribution in [1.29, 1.82) is 0 Å². The second-order valence-electron chi connectivity index (χ2n) is 5.03. The Balaban J connectivity index is 2.01. The molecule has 1 heterocycles. The number of hydrogen-bond acceptors (Lipinski definition) is 5. The van der Waals surface area contributed by atoms with E-state index in [1.807, 2.05) is 12.1 Å². The molecule has 0 aliphatic heterocycles. The molecule has 0 spiro atoms. The van der Waals surface area contributed by atoms with Crippen LogP contribution >= 0.6 is 0 Å². The van der Waals surface area contributed by atoms with Crippen LogP contribution in [0.4, 0.5) is 0 Å². The second kappa shape index (κ2) is 7.49. The summed E-state index contributed by atoms with van der Waals surface area (Å²) in [7, 11) is 4.64.